The summed E-state index contributed by atoms with van der Waals surface area (Å²) < 4.78 is 51.0. The van der Waals surface area contributed by atoms with Crippen LogP contribution >= 0.6 is 0 Å². The molecule has 0 amide bonds. The van der Waals surface area contributed by atoms with Crippen molar-refractivity contribution >= 4 is 16.6 Å². The number of aromatic nitrogens is 2. The van der Waals surface area contributed by atoms with E-state index in [1.807, 2.05) is 18.2 Å². The predicted octanol–water partition coefficient (Wildman–Crippen LogP) is 5.60. The number of anilines is 1. The second-order valence-electron chi connectivity index (χ2n) is 7.29. The maximum absolute atomic E-state index is 14.9. The van der Waals surface area contributed by atoms with Gasteiger partial charge in [-0.15, -0.1) is 0 Å². The van der Waals surface area contributed by atoms with Crippen LogP contribution in [-0.4, -0.2) is 23.1 Å². The average Bonchev–Trinajstić information content (AvgIpc) is 3.14. The van der Waals surface area contributed by atoms with Crippen LogP contribution in [0.5, 0.6) is 5.75 Å². The zero-order chi connectivity index (χ0) is 20.9. The van der Waals surface area contributed by atoms with Gasteiger partial charge in [-0.2, -0.15) is 18.3 Å². The van der Waals surface area contributed by atoms with E-state index in [-0.39, 0.29) is 12.1 Å². The Labute approximate surface area is 170 Å². The molecule has 0 aliphatic carbocycles. The zero-order valence-corrected chi connectivity index (χ0v) is 16.1. The molecule has 5 rings (SSSR count). The number of rotatable bonds is 3. The van der Waals surface area contributed by atoms with Gasteiger partial charge in [-0.1, -0.05) is 54.6 Å². The first-order valence-corrected chi connectivity index (χ1v) is 9.49. The normalized spacial score (nSPS) is 18.0. The smallest absolute Gasteiger partial charge is 0.432 e. The van der Waals surface area contributed by atoms with Gasteiger partial charge in [0, 0.05) is 17.4 Å². The summed E-state index contributed by atoms with van der Waals surface area (Å²) in [5.74, 6) is 0.332. The number of fused-ring (bicyclic) bond motifs is 5. The van der Waals surface area contributed by atoms with Crippen molar-refractivity contribution in [2.24, 2.45) is 0 Å². The van der Waals surface area contributed by atoms with E-state index < -0.39 is 11.8 Å². The number of nitrogens with zero attached hydrogens (tertiary/aromatic N) is 2. The number of nitrogens with one attached hydrogen (secondary N) is 1. The fraction of sp³-hybridized carbons (Fsp3) is 0.174. The summed E-state index contributed by atoms with van der Waals surface area (Å²) in [5.41, 5.74) is 0.113. The van der Waals surface area contributed by atoms with Crippen molar-refractivity contribution in [3.63, 3.8) is 0 Å². The number of hydrogen-bond acceptors (Lipinski definition) is 3. The molecule has 0 fully saturated rings. The SMILES string of the molecule is COc1ccccc1NC1(C(F)(F)F)Cc2ccccc2-c2c3ccccc3nn21. The highest BCUT2D eigenvalue weighted by Gasteiger charge is 2.60. The second-order valence-corrected chi connectivity index (χ2v) is 7.29. The van der Waals surface area contributed by atoms with E-state index in [9.17, 15) is 13.2 Å². The highest BCUT2D eigenvalue weighted by atomic mass is 19.4. The lowest BCUT2D eigenvalue weighted by atomic mass is 9.88. The van der Waals surface area contributed by atoms with Crippen LogP contribution in [0.15, 0.2) is 72.8 Å². The quantitative estimate of drug-likeness (QED) is 0.479. The minimum Gasteiger partial charge on any atom is -0.495 e. The Morgan fingerprint density at radius 1 is 0.967 bits per heavy atom. The number of alkyl halides is 3. The van der Waals surface area contributed by atoms with Crippen LogP contribution in [0.4, 0.5) is 18.9 Å². The predicted molar refractivity (Wildman–Crippen MR) is 110 cm³/mol. The standard InChI is InChI=1S/C23H18F3N3O/c1-30-20-13-7-6-12-19(20)27-22(23(24,25)26)14-15-8-2-3-9-16(15)21-17-10-4-5-11-18(17)28-29(21)22/h2-13,27H,14H2,1H3. The van der Waals surface area contributed by atoms with Gasteiger partial charge in [0.1, 0.15) is 5.75 Å². The van der Waals surface area contributed by atoms with Gasteiger partial charge in [-0.25, -0.2) is 4.68 Å². The number of methoxy groups -OCH3 is 1. The van der Waals surface area contributed by atoms with Crippen molar-refractivity contribution < 1.29 is 17.9 Å². The lowest BCUT2D eigenvalue weighted by molar-refractivity contribution is -0.208. The van der Waals surface area contributed by atoms with E-state index in [4.69, 9.17) is 4.74 Å². The molecule has 7 heteroatoms. The molecular weight excluding hydrogens is 391 g/mol. The van der Waals surface area contributed by atoms with Gasteiger partial charge in [-0.05, 0) is 23.8 Å². The lowest BCUT2D eigenvalue weighted by Gasteiger charge is -2.42. The summed E-state index contributed by atoms with van der Waals surface area (Å²) in [7, 11) is 1.44. The van der Waals surface area contributed by atoms with Crippen LogP contribution in [0.2, 0.25) is 0 Å². The van der Waals surface area contributed by atoms with Crippen molar-refractivity contribution in [2.75, 3.05) is 12.4 Å². The molecule has 152 valence electrons. The molecule has 30 heavy (non-hydrogen) atoms. The maximum Gasteiger partial charge on any atom is 0.432 e. The number of hydrogen-bond donors (Lipinski definition) is 1. The zero-order valence-electron chi connectivity index (χ0n) is 16.1. The highest BCUT2D eigenvalue weighted by molar-refractivity contribution is 5.95. The average molecular weight is 409 g/mol. The third-order valence-corrected chi connectivity index (χ3v) is 5.58. The van der Waals surface area contributed by atoms with Gasteiger partial charge in [0.05, 0.1) is 24.0 Å². The molecule has 3 aromatic carbocycles. The molecule has 1 atom stereocenters. The summed E-state index contributed by atoms with van der Waals surface area (Å²) in [6, 6.07) is 20.9. The van der Waals surface area contributed by atoms with E-state index in [2.05, 4.69) is 10.4 Å². The fourth-order valence-corrected chi connectivity index (χ4v) is 4.18. The minimum atomic E-state index is -4.64. The van der Waals surface area contributed by atoms with Crippen molar-refractivity contribution in [2.45, 2.75) is 18.3 Å². The van der Waals surface area contributed by atoms with E-state index in [1.54, 1.807) is 54.6 Å². The molecular formula is C23H18F3N3O. The molecule has 0 radical (unpaired) electrons. The van der Waals surface area contributed by atoms with Crippen LogP contribution in [-0.2, 0) is 12.1 Å². The Bertz CT molecular complexity index is 1250. The van der Waals surface area contributed by atoms with Gasteiger partial charge in [0.2, 0.25) is 5.66 Å². The molecule has 4 aromatic rings. The number of ether oxygens (including phenoxy) is 1. The number of halogens is 3. The van der Waals surface area contributed by atoms with Gasteiger partial charge in [0.25, 0.3) is 0 Å². The molecule has 1 aromatic heterocycles. The van der Waals surface area contributed by atoms with E-state index in [0.29, 0.717) is 27.9 Å². The molecule has 2 heterocycles. The van der Waals surface area contributed by atoms with Crippen molar-refractivity contribution in [3.8, 4) is 17.0 Å². The Balaban J connectivity index is 1.83. The third kappa shape index (κ3) is 2.58. The van der Waals surface area contributed by atoms with Crippen molar-refractivity contribution in [3.05, 3.63) is 78.4 Å². The topological polar surface area (TPSA) is 39.1 Å². The Morgan fingerprint density at radius 2 is 1.67 bits per heavy atom. The van der Waals surface area contributed by atoms with Crippen LogP contribution in [0.25, 0.3) is 22.2 Å². The minimum absolute atomic E-state index is 0.252. The summed E-state index contributed by atoms with van der Waals surface area (Å²) in [6.45, 7) is 0. The van der Waals surface area contributed by atoms with Crippen LogP contribution in [0.3, 0.4) is 0 Å². The molecule has 1 N–H and O–H groups in total. The first-order valence-electron chi connectivity index (χ1n) is 9.49. The molecule has 0 spiro atoms. The number of para-hydroxylation sites is 2. The van der Waals surface area contributed by atoms with Gasteiger partial charge < -0.3 is 10.1 Å². The van der Waals surface area contributed by atoms with Crippen molar-refractivity contribution in [1.29, 1.82) is 0 Å². The fourth-order valence-electron chi connectivity index (χ4n) is 4.18. The molecule has 1 unspecified atom stereocenters. The van der Waals surface area contributed by atoms with Crippen LogP contribution < -0.4 is 10.1 Å². The monoisotopic (exact) mass is 409 g/mol. The molecule has 4 nitrogen and oxygen atoms in total. The lowest BCUT2D eigenvalue weighted by Crippen LogP contribution is -2.57. The Hall–Kier alpha value is -3.48. The molecule has 0 saturated heterocycles. The van der Waals surface area contributed by atoms with Gasteiger partial charge in [-0.3, -0.25) is 0 Å². The van der Waals surface area contributed by atoms with Crippen molar-refractivity contribution in [1.82, 2.24) is 9.78 Å². The molecule has 1 aliphatic heterocycles. The highest BCUT2D eigenvalue weighted by Crippen LogP contribution is 2.49. The first kappa shape index (κ1) is 18.5. The molecule has 0 saturated carbocycles. The van der Waals surface area contributed by atoms with E-state index in [0.717, 1.165) is 10.2 Å². The summed E-state index contributed by atoms with van der Waals surface area (Å²) in [4.78, 5) is 0. The number of benzene rings is 3. The second kappa shape index (κ2) is 6.52. The third-order valence-electron chi connectivity index (χ3n) is 5.58. The first-order chi connectivity index (χ1) is 14.4. The van der Waals surface area contributed by atoms with Crippen LogP contribution in [0, 0.1) is 0 Å². The van der Waals surface area contributed by atoms with Crippen LogP contribution in [0.1, 0.15) is 5.56 Å². The summed E-state index contributed by atoms with van der Waals surface area (Å²) in [5, 5.41) is 7.86. The van der Waals surface area contributed by atoms with Gasteiger partial charge >= 0.3 is 6.18 Å². The van der Waals surface area contributed by atoms with E-state index in [1.165, 1.54) is 7.11 Å². The summed E-state index contributed by atoms with van der Waals surface area (Å²) in [6.07, 6.45) is -4.94. The maximum atomic E-state index is 14.9. The Morgan fingerprint density at radius 3 is 2.47 bits per heavy atom. The Kier molecular flexibility index (Phi) is 4.03. The van der Waals surface area contributed by atoms with E-state index >= 15 is 0 Å². The molecule has 0 bridgehead atoms. The largest absolute Gasteiger partial charge is 0.495 e. The summed E-state index contributed by atoms with van der Waals surface area (Å²) >= 11 is 0. The van der Waals surface area contributed by atoms with Gasteiger partial charge in [0.15, 0.2) is 0 Å². The molecule has 1 aliphatic rings.